The van der Waals surface area contributed by atoms with Crippen LogP contribution in [0.3, 0.4) is 0 Å². The van der Waals surface area contributed by atoms with Crippen LogP contribution in [0.15, 0.2) is 47.4 Å². The van der Waals surface area contributed by atoms with Gasteiger partial charge in [-0.25, -0.2) is 12.8 Å². The molecule has 0 unspecified atom stereocenters. The number of fused-ring (bicyclic) bond motifs is 1. The van der Waals surface area contributed by atoms with Crippen molar-refractivity contribution in [3.63, 3.8) is 0 Å². The largest absolute Gasteiger partial charge is 0.311 e. The molecule has 2 aromatic carbocycles. The van der Waals surface area contributed by atoms with Gasteiger partial charge in [0, 0.05) is 24.6 Å². The summed E-state index contributed by atoms with van der Waals surface area (Å²) in [6, 6.07) is 10.2. The van der Waals surface area contributed by atoms with E-state index in [0.29, 0.717) is 12.2 Å². The Kier molecular flexibility index (Phi) is 4.07. The normalized spacial score (nSPS) is 15.8. The SMILES string of the molecule is CC(=O)N1CC(C)(C)c2cc(S(=O)(=O)Nc3ccccc3F)ccc21. The van der Waals surface area contributed by atoms with Gasteiger partial charge in [-0.2, -0.15) is 0 Å². The molecule has 1 amide bonds. The second-order valence-electron chi connectivity index (χ2n) is 6.75. The molecule has 0 aliphatic carbocycles. The number of benzene rings is 2. The maximum atomic E-state index is 13.7. The number of anilines is 2. The highest BCUT2D eigenvalue weighted by Gasteiger charge is 2.37. The zero-order chi connectivity index (χ0) is 18.4. The quantitative estimate of drug-likeness (QED) is 0.911. The van der Waals surface area contributed by atoms with Crippen LogP contribution in [0.2, 0.25) is 0 Å². The minimum absolute atomic E-state index is 0.0352. The Labute approximate surface area is 146 Å². The summed E-state index contributed by atoms with van der Waals surface area (Å²) in [5.74, 6) is -0.734. The molecular weight excluding hydrogens is 343 g/mol. The van der Waals surface area contributed by atoms with Crippen molar-refractivity contribution in [2.24, 2.45) is 0 Å². The number of sulfonamides is 1. The van der Waals surface area contributed by atoms with Gasteiger partial charge in [0.05, 0.1) is 10.6 Å². The number of carbonyl (C=O) groups is 1. The van der Waals surface area contributed by atoms with Gasteiger partial charge in [-0.15, -0.1) is 0 Å². The summed E-state index contributed by atoms with van der Waals surface area (Å²) in [7, 11) is -3.94. The zero-order valence-electron chi connectivity index (χ0n) is 14.2. The molecule has 1 aliphatic rings. The average Bonchev–Trinajstić information content (AvgIpc) is 2.81. The number of amides is 1. The third-order valence-electron chi connectivity index (χ3n) is 4.35. The lowest BCUT2D eigenvalue weighted by Crippen LogP contribution is -2.31. The highest BCUT2D eigenvalue weighted by molar-refractivity contribution is 7.92. The molecule has 0 spiro atoms. The van der Waals surface area contributed by atoms with E-state index in [-0.39, 0.29) is 21.9 Å². The molecule has 5 nitrogen and oxygen atoms in total. The van der Waals surface area contributed by atoms with Gasteiger partial charge in [-0.1, -0.05) is 26.0 Å². The standard InChI is InChI=1S/C18H19FN2O3S/c1-12(22)21-11-18(2,3)14-10-13(8-9-17(14)21)25(23,24)20-16-7-5-4-6-15(16)19/h4-10,20H,11H2,1-3H3. The van der Waals surface area contributed by atoms with E-state index in [0.717, 1.165) is 5.56 Å². The Hall–Kier alpha value is -2.41. The van der Waals surface area contributed by atoms with Crippen molar-refractivity contribution in [2.75, 3.05) is 16.2 Å². The van der Waals surface area contributed by atoms with Crippen LogP contribution in [-0.4, -0.2) is 20.9 Å². The smallest absolute Gasteiger partial charge is 0.261 e. The number of nitrogens with zero attached hydrogens (tertiary/aromatic N) is 1. The fraction of sp³-hybridized carbons (Fsp3) is 0.278. The first kappa shape index (κ1) is 17.4. The van der Waals surface area contributed by atoms with Crippen molar-refractivity contribution in [1.82, 2.24) is 0 Å². The first-order chi connectivity index (χ1) is 11.6. The molecule has 25 heavy (non-hydrogen) atoms. The van der Waals surface area contributed by atoms with Crippen molar-refractivity contribution < 1.29 is 17.6 Å². The van der Waals surface area contributed by atoms with E-state index < -0.39 is 15.8 Å². The molecule has 0 atom stereocenters. The summed E-state index contributed by atoms with van der Waals surface area (Å²) in [5, 5.41) is 0. The fourth-order valence-corrected chi connectivity index (χ4v) is 4.15. The second kappa shape index (κ2) is 5.84. The summed E-state index contributed by atoms with van der Waals surface area (Å²) >= 11 is 0. The molecule has 0 bridgehead atoms. The molecule has 0 radical (unpaired) electrons. The maximum Gasteiger partial charge on any atom is 0.261 e. The Morgan fingerprint density at radius 1 is 1.20 bits per heavy atom. The first-order valence-corrected chi connectivity index (χ1v) is 9.30. The van der Waals surface area contributed by atoms with Crippen molar-refractivity contribution in [3.8, 4) is 0 Å². The monoisotopic (exact) mass is 362 g/mol. The number of rotatable bonds is 3. The molecule has 3 rings (SSSR count). The summed E-state index contributed by atoms with van der Waals surface area (Å²) in [5.41, 5.74) is 1.01. The number of para-hydroxylation sites is 1. The van der Waals surface area contributed by atoms with Gasteiger partial charge in [-0.05, 0) is 35.9 Å². The summed E-state index contributed by atoms with van der Waals surface area (Å²) in [6.45, 7) is 5.88. The molecule has 2 aromatic rings. The van der Waals surface area contributed by atoms with Crippen molar-refractivity contribution >= 4 is 27.3 Å². The Morgan fingerprint density at radius 3 is 2.52 bits per heavy atom. The predicted molar refractivity (Wildman–Crippen MR) is 94.7 cm³/mol. The van der Waals surface area contributed by atoms with Crippen LogP contribution in [0.1, 0.15) is 26.3 Å². The lowest BCUT2D eigenvalue weighted by molar-refractivity contribution is -0.116. The topological polar surface area (TPSA) is 66.5 Å². The lowest BCUT2D eigenvalue weighted by Gasteiger charge is -2.19. The van der Waals surface area contributed by atoms with E-state index in [9.17, 15) is 17.6 Å². The summed E-state index contributed by atoms with van der Waals surface area (Å²) < 4.78 is 41.3. The van der Waals surface area contributed by atoms with Crippen molar-refractivity contribution in [1.29, 1.82) is 0 Å². The van der Waals surface area contributed by atoms with Crippen LogP contribution in [0, 0.1) is 5.82 Å². The number of carbonyl (C=O) groups excluding carboxylic acids is 1. The van der Waals surface area contributed by atoms with Gasteiger partial charge in [0.25, 0.3) is 10.0 Å². The van der Waals surface area contributed by atoms with Crippen LogP contribution < -0.4 is 9.62 Å². The van der Waals surface area contributed by atoms with Crippen LogP contribution in [0.5, 0.6) is 0 Å². The summed E-state index contributed by atoms with van der Waals surface area (Å²) in [4.78, 5) is 13.5. The third kappa shape index (κ3) is 3.11. The highest BCUT2D eigenvalue weighted by Crippen LogP contribution is 2.41. The van der Waals surface area contributed by atoms with E-state index >= 15 is 0 Å². The first-order valence-electron chi connectivity index (χ1n) is 7.82. The minimum Gasteiger partial charge on any atom is -0.311 e. The third-order valence-corrected chi connectivity index (χ3v) is 5.71. The van der Waals surface area contributed by atoms with Gasteiger partial charge in [0.15, 0.2) is 0 Å². The maximum absolute atomic E-state index is 13.7. The molecule has 1 N–H and O–H groups in total. The highest BCUT2D eigenvalue weighted by atomic mass is 32.2. The van der Waals surface area contributed by atoms with Crippen LogP contribution in [0.25, 0.3) is 0 Å². The van der Waals surface area contributed by atoms with Crippen molar-refractivity contribution in [2.45, 2.75) is 31.1 Å². The second-order valence-corrected chi connectivity index (χ2v) is 8.44. The van der Waals surface area contributed by atoms with Crippen LogP contribution in [0.4, 0.5) is 15.8 Å². The molecular formula is C18H19FN2O3S. The lowest BCUT2D eigenvalue weighted by atomic mass is 9.87. The zero-order valence-corrected chi connectivity index (χ0v) is 15.0. The molecule has 0 aromatic heterocycles. The van der Waals surface area contributed by atoms with E-state index in [1.165, 1.54) is 31.2 Å². The fourth-order valence-electron chi connectivity index (χ4n) is 3.05. The van der Waals surface area contributed by atoms with Gasteiger partial charge in [0.2, 0.25) is 5.91 Å². The Balaban J connectivity index is 2.02. The molecule has 0 fully saturated rings. The molecule has 0 saturated heterocycles. The van der Waals surface area contributed by atoms with E-state index in [4.69, 9.17) is 0 Å². The van der Waals surface area contributed by atoms with E-state index in [2.05, 4.69) is 4.72 Å². The van der Waals surface area contributed by atoms with Crippen LogP contribution in [-0.2, 0) is 20.2 Å². The number of nitrogens with one attached hydrogen (secondary N) is 1. The van der Waals surface area contributed by atoms with Crippen LogP contribution >= 0.6 is 0 Å². The number of hydrogen-bond acceptors (Lipinski definition) is 3. The Bertz CT molecular complexity index is 955. The molecule has 1 heterocycles. The molecule has 1 aliphatic heterocycles. The summed E-state index contributed by atoms with van der Waals surface area (Å²) in [6.07, 6.45) is 0. The van der Waals surface area contributed by atoms with Gasteiger partial charge in [0.1, 0.15) is 5.82 Å². The predicted octanol–water partition coefficient (Wildman–Crippen LogP) is 3.27. The minimum atomic E-state index is -3.94. The number of halogens is 1. The molecule has 7 heteroatoms. The van der Waals surface area contributed by atoms with Gasteiger partial charge >= 0.3 is 0 Å². The molecule has 132 valence electrons. The average molecular weight is 362 g/mol. The Morgan fingerprint density at radius 2 is 1.88 bits per heavy atom. The van der Waals surface area contributed by atoms with Crippen molar-refractivity contribution in [3.05, 3.63) is 53.8 Å². The van der Waals surface area contributed by atoms with Gasteiger partial charge in [-0.3, -0.25) is 9.52 Å². The van der Waals surface area contributed by atoms with E-state index in [1.54, 1.807) is 23.1 Å². The molecule has 0 saturated carbocycles. The number of hydrogen-bond donors (Lipinski definition) is 1. The van der Waals surface area contributed by atoms with Gasteiger partial charge < -0.3 is 4.90 Å². The van der Waals surface area contributed by atoms with E-state index in [1.807, 2.05) is 13.8 Å².